The maximum absolute atomic E-state index is 5.75. The van der Waals surface area contributed by atoms with Gasteiger partial charge in [-0.1, -0.05) is 0 Å². The molecule has 8 nitrogen and oxygen atoms in total. The van der Waals surface area contributed by atoms with Crippen LogP contribution in [-0.2, 0) is 6.54 Å². The number of hydrogen-bond donors (Lipinski definition) is 1. The number of nitrogens with two attached hydrogens (primary N) is 1. The second-order valence-corrected chi connectivity index (χ2v) is 4.61. The van der Waals surface area contributed by atoms with E-state index in [4.69, 9.17) is 10.2 Å². The van der Waals surface area contributed by atoms with Crippen molar-refractivity contribution in [2.45, 2.75) is 13.5 Å². The lowest BCUT2D eigenvalue weighted by Gasteiger charge is -2.16. The summed E-state index contributed by atoms with van der Waals surface area (Å²) in [6, 6.07) is 5.62. The summed E-state index contributed by atoms with van der Waals surface area (Å²) in [6.45, 7) is 2.44. The molecule has 0 fully saturated rings. The molecule has 108 valence electrons. The summed E-state index contributed by atoms with van der Waals surface area (Å²) in [5, 5.41) is 4.09. The molecular formula is C13H15N7O. The Morgan fingerprint density at radius 1 is 1.29 bits per heavy atom. The average molecular weight is 285 g/mol. The topological polar surface area (TPSA) is 98.9 Å². The van der Waals surface area contributed by atoms with Crippen molar-refractivity contribution < 1.29 is 4.42 Å². The van der Waals surface area contributed by atoms with E-state index in [9.17, 15) is 0 Å². The van der Waals surface area contributed by atoms with Gasteiger partial charge < -0.3 is 15.1 Å². The van der Waals surface area contributed by atoms with E-state index in [-0.39, 0.29) is 5.95 Å². The number of nitrogen functional groups attached to an aromatic ring is 1. The Bertz CT molecular complexity index is 735. The molecule has 0 aliphatic rings. The van der Waals surface area contributed by atoms with Crippen LogP contribution in [0.4, 0.5) is 11.9 Å². The van der Waals surface area contributed by atoms with Gasteiger partial charge in [-0.2, -0.15) is 20.1 Å². The van der Waals surface area contributed by atoms with E-state index >= 15 is 0 Å². The predicted octanol–water partition coefficient (Wildman–Crippen LogP) is 1.18. The van der Waals surface area contributed by atoms with Crippen LogP contribution in [0.15, 0.2) is 35.0 Å². The number of aromatic nitrogens is 5. The first-order chi connectivity index (χ1) is 10.1. The molecule has 0 spiro atoms. The van der Waals surface area contributed by atoms with E-state index in [2.05, 4.69) is 20.1 Å². The molecule has 0 bridgehead atoms. The first-order valence-electron chi connectivity index (χ1n) is 6.40. The SMILES string of the molecule is Cc1ccc(CN(C)c2nc(N)nc(-n3cccn3)n2)o1. The first-order valence-corrected chi connectivity index (χ1v) is 6.40. The summed E-state index contributed by atoms with van der Waals surface area (Å²) >= 11 is 0. The highest BCUT2D eigenvalue weighted by molar-refractivity contribution is 5.37. The van der Waals surface area contributed by atoms with Crippen molar-refractivity contribution in [3.05, 3.63) is 42.1 Å². The monoisotopic (exact) mass is 285 g/mol. The van der Waals surface area contributed by atoms with Crippen molar-refractivity contribution >= 4 is 11.9 Å². The molecule has 21 heavy (non-hydrogen) atoms. The number of anilines is 2. The molecule has 0 unspecified atom stereocenters. The van der Waals surface area contributed by atoms with E-state index in [0.29, 0.717) is 18.4 Å². The molecule has 3 rings (SSSR count). The Kier molecular flexibility index (Phi) is 3.27. The van der Waals surface area contributed by atoms with Crippen molar-refractivity contribution in [2.24, 2.45) is 0 Å². The summed E-state index contributed by atoms with van der Waals surface area (Å²) in [5.74, 6) is 2.68. The lowest BCUT2D eigenvalue weighted by Crippen LogP contribution is -2.21. The van der Waals surface area contributed by atoms with Gasteiger partial charge in [0.2, 0.25) is 11.9 Å². The molecule has 0 radical (unpaired) electrons. The van der Waals surface area contributed by atoms with Gasteiger partial charge in [0.25, 0.3) is 5.95 Å². The van der Waals surface area contributed by atoms with Crippen LogP contribution in [0.1, 0.15) is 11.5 Å². The standard InChI is InChI=1S/C13H15N7O/c1-9-4-5-10(21-9)8-19(2)12-16-11(14)17-13(18-12)20-7-3-6-15-20/h3-7H,8H2,1-2H3,(H2,14,16,17,18). The van der Waals surface area contributed by atoms with Crippen molar-refractivity contribution in [1.82, 2.24) is 24.7 Å². The van der Waals surface area contributed by atoms with E-state index in [1.165, 1.54) is 4.68 Å². The minimum Gasteiger partial charge on any atom is -0.464 e. The quantitative estimate of drug-likeness (QED) is 0.768. The first kappa shape index (κ1) is 13.1. The Hall–Kier alpha value is -2.90. The second-order valence-electron chi connectivity index (χ2n) is 4.61. The van der Waals surface area contributed by atoms with Crippen LogP contribution >= 0.6 is 0 Å². The molecule has 2 N–H and O–H groups in total. The van der Waals surface area contributed by atoms with E-state index in [0.717, 1.165) is 11.5 Å². The predicted molar refractivity (Wildman–Crippen MR) is 76.9 cm³/mol. The molecule has 3 heterocycles. The highest BCUT2D eigenvalue weighted by atomic mass is 16.3. The highest BCUT2D eigenvalue weighted by Gasteiger charge is 2.12. The third kappa shape index (κ3) is 2.83. The maximum atomic E-state index is 5.75. The fraction of sp³-hybridized carbons (Fsp3) is 0.231. The molecule has 0 atom stereocenters. The number of rotatable bonds is 4. The molecule has 3 aromatic heterocycles. The van der Waals surface area contributed by atoms with E-state index in [1.54, 1.807) is 18.5 Å². The zero-order valence-corrected chi connectivity index (χ0v) is 11.8. The number of furan rings is 1. The summed E-state index contributed by atoms with van der Waals surface area (Å²) in [5.41, 5.74) is 5.75. The van der Waals surface area contributed by atoms with Crippen molar-refractivity contribution in [3.63, 3.8) is 0 Å². The largest absolute Gasteiger partial charge is 0.464 e. The molecule has 0 aromatic carbocycles. The van der Waals surface area contributed by atoms with Crippen LogP contribution in [0.2, 0.25) is 0 Å². The van der Waals surface area contributed by atoms with Gasteiger partial charge in [0.1, 0.15) is 11.5 Å². The van der Waals surface area contributed by atoms with E-state index < -0.39 is 0 Å². The Labute approximate surface area is 121 Å². The third-order valence-electron chi connectivity index (χ3n) is 2.87. The molecule has 3 aromatic rings. The van der Waals surface area contributed by atoms with Gasteiger partial charge in [-0.05, 0) is 25.1 Å². The maximum Gasteiger partial charge on any atom is 0.257 e. The van der Waals surface area contributed by atoms with Crippen LogP contribution in [0.5, 0.6) is 0 Å². The third-order valence-corrected chi connectivity index (χ3v) is 2.87. The summed E-state index contributed by atoms with van der Waals surface area (Å²) in [7, 11) is 1.86. The van der Waals surface area contributed by atoms with Gasteiger partial charge in [0.05, 0.1) is 6.54 Å². The molecule has 0 amide bonds. The minimum atomic E-state index is 0.146. The zero-order chi connectivity index (χ0) is 14.8. The number of aryl methyl sites for hydroxylation is 1. The molecule has 8 heteroatoms. The van der Waals surface area contributed by atoms with Crippen LogP contribution < -0.4 is 10.6 Å². The molecule has 0 saturated carbocycles. The Balaban J connectivity index is 1.87. The minimum absolute atomic E-state index is 0.146. The van der Waals surface area contributed by atoms with Crippen LogP contribution in [-0.4, -0.2) is 31.8 Å². The van der Waals surface area contributed by atoms with Gasteiger partial charge in [-0.3, -0.25) is 0 Å². The van der Waals surface area contributed by atoms with Gasteiger partial charge >= 0.3 is 0 Å². The van der Waals surface area contributed by atoms with Crippen LogP contribution in [0, 0.1) is 6.92 Å². The van der Waals surface area contributed by atoms with Crippen molar-refractivity contribution in [1.29, 1.82) is 0 Å². The Morgan fingerprint density at radius 2 is 2.14 bits per heavy atom. The highest BCUT2D eigenvalue weighted by Crippen LogP contribution is 2.14. The van der Waals surface area contributed by atoms with E-state index in [1.807, 2.05) is 31.0 Å². The lowest BCUT2D eigenvalue weighted by atomic mass is 10.4. The number of nitrogens with zero attached hydrogens (tertiary/aromatic N) is 6. The normalized spacial score (nSPS) is 10.8. The summed E-state index contributed by atoms with van der Waals surface area (Å²) in [4.78, 5) is 14.4. The lowest BCUT2D eigenvalue weighted by molar-refractivity contribution is 0.480. The zero-order valence-electron chi connectivity index (χ0n) is 11.8. The smallest absolute Gasteiger partial charge is 0.257 e. The molecule has 0 aliphatic carbocycles. The van der Waals surface area contributed by atoms with Gasteiger partial charge in [0, 0.05) is 19.4 Å². The fourth-order valence-corrected chi connectivity index (χ4v) is 1.90. The molecule has 0 aliphatic heterocycles. The van der Waals surface area contributed by atoms with Gasteiger partial charge in [0.15, 0.2) is 0 Å². The molecule has 0 saturated heterocycles. The van der Waals surface area contributed by atoms with Crippen LogP contribution in [0.3, 0.4) is 0 Å². The average Bonchev–Trinajstić information content (AvgIpc) is 3.10. The fourth-order valence-electron chi connectivity index (χ4n) is 1.90. The molecular weight excluding hydrogens is 270 g/mol. The van der Waals surface area contributed by atoms with Gasteiger partial charge in [-0.15, -0.1) is 0 Å². The van der Waals surface area contributed by atoms with Gasteiger partial charge in [-0.25, -0.2) is 4.68 Å². The van der Waals surface area contributed by atoms with Crippen molar-refractivity contribution in [3.8, 4) is 5.95 Å². The second kappa shape index (κ2) is 5.23. The number of hydrogen-bond acceptors (Lipinski definition) is 7. The summed E-state index contributed by atoms with van der Waals surface area (Å²) in [6.07, 6.45) is 3.39. The Morgan fingerprint density at radius 3 is 2.81 bits per heavy atom. The van der Waals surface area contributed by atoms with Crippen LogP contribution in [0.25, 0.3) is 5.95 Å². The van der Waals surface area contributed by atoms with Crippen molar-refractivity contribution in [2.75, 3.05) is 17.7 Å². The summed E-state index contributed by atoms with van der Waals surface area (Å²) < 4.78 is 7.08.